The maximum atomic E-state index is 12.5. The first-order chi connectivity index (χ1) is 14.1. The van der Waals surface area contributed by atoms with Crippen LogP contribution >= 0.6 is 11.6 Å². The van der Waals surface area contributed by atoms with E-state index in [9.17, 15) is 9.59 Å². The fourth-order valence-electron chi connectivity index (χ4n) is 3.84. The monoisotopic (exact) mass is 431 g/mol. The Morgan fingerprint density at radius 2 is 2.10 bits per heavy atom. The van der Waals surface area contributed by atoms with Gasteiger partial charge in [-0.15, -0.1) is 0 Å². The van der Waals surface area contributed by atoms with Gasteiger partial charge in [0.2, 0.25) is 0 Å². The van der Waals surface area contributed by atoms with E-state index in [4.69, 9.17) is 26.8 Å². The minimum absolute atomic E-state index is 0.0578. The number of pyridine rings is 1. The molecule has 0 radical (unpaired) electrons. The van der Waals surface area contributed by atoms with Crippen LogP contribution in [0.25, 0.3) is 11.1 Å². The van der Waals surface area contributed by atoms with Gasteiger partial charge in [0.1, 0.15) is 18.0 Å². The summed E-state index contributed by atoms with van der Waals surface area (Å²) >= 11 is 6.47. The van der Waals surface area contributed by atoms with Crippen LogP contribution < -0.4 is 10.5 Å². The van der Waals surface area contributed by atoms with Crippen molar-refractivity contribution in [1.82, 2.24) is 9.88 Å². The molecule has 0 saturated carbocycles. The van der Waals surface area contributed by atoms with E-state index in [1.54, 1.807) is 37.2 Å². The maximum Gasteiger partial charge on any atom is 0.405 e. The molecule has 0 aliphatic carbocycles. The first-order valence-electron chi connectivity index (χ1n) is 9.74. The molecule has 2 N–H and O–H groups in total. The second-order valence-corrected chi connectivity index (χ2v) is 8.65. The number of carbonyl (C=O) groups is 2. The number of nitrogens with two attached hydrogens (primary N) is 1. The van der Waals surface area contributed by atoms with Crippen molar-refractivity contribution in [2.24, 2.45) is 11.7 Å². The molecule has 3 rings (SSSR count). The number of hydrogen-bond acceptors (Lipinski definition) is 5. The van der Waals surface area contributed by atoms with Gasteiger partial charge < -0.3 is 20.1 Å². The third-order valence-corrected chi connectivity index (χ3v) is 5.24. The zero-order valence-electron chi connectivity index (χ0n) is 17.6. The molecule has 0 saturated heterocycles. The van der Waals surface area contributed by atoms with Gasteiger partial charge in [-0.05, 0) is 48.6 Å². The first-order valence-corrected chi connectivity index (χ1v) is 10.1. The Hall–Kier alpha value is -2.80. The van der Waals surface area contributed by atoms with Gasteiger partial charge in [0.25, 0.3) is 5.91 Å². The topological polar surface area (TPSA) is 94.8 Å². The summed E-state index contributed by atoms with van der Waals surface area (Å²) in [5.74, 6) is 0.676. The van der Waals surface area contributed by atoms with Crippen LogP contribution in [0.4, 0.5) is 4.79 Å². The third kappa shape index (κ3) is 4.67. The van der Waals surface area contributed by atoms with E-state index in [1.807, 2.05) is 26.0 Å². The van der Waals surface area contributed by atoms with E-state index in [0.29, 0.717) is 29.3 Å². The highest BCUT2D eigenvalue weighted by Gasteiger charge is 2.31. The number of rotatable bonds is 7. The van der Waals surface area contributed by atoms with Gasteiger partial charge in [-0.1, -0.05) is 31.5 Å². The Labute approximate surface area is 181 Å². The van der Waals surface area contributed by atoms with E-state index >= 15 is 0 Å². The highest BCUT2D eigenvalue weighted by molar-refractivity contribution is 6.32. The summed E-state index contributed by atoms with van der Waals surface area (Å²) < 4.78 is 11.2. The third-order valence-electron chi connectivity index (χ3n) is 4.94. The quantitative estimate of drug-likeness (QED) is 0.706. The standard InChI is InChI=1S/C22H26ClN3O4/c1-13(2)10-22(3,30-21(24)28)12-29-18-6-5-14(9-16(18)23)15-7-8-25-17-11-26(4)20(27)19(15)17/h5-9,13H,10-12H2,1-4H3,(H2,24,28)/t22-/m0/s1. The van der Waals surface area contributed by atoms with E-state index in [0.717, 1.165) is 16.8 Å². The maximum absolute atomic E-state index is 12.5. The largest absolute Gasteiger partial charge is 0.488 e. The normalized spacial score (nSPS) is 15.1. The average molecular weight is 432 g/mol. The summed E-state index contributed by atoms with van der Waals surface area (Å²) in [7, 11) is 1.75. The van der Waals surface area contributed by atoms with E-state index in [1.165, 1.54) is 0 Å². The highest BCUT2D eigenvalue weighted by Crippen LogP contribution is 2.35. The van der Waals surface area contributed by atoms with Crippen molar-refractivity contribution < 1.29 is 19.1 Å². The lowest BCUT2D eigenvalue weighted by atomic mass is 9.95. The van der Waals surface area contributed by atoms with Crippen LogP contribution in [-0.2, 0) is 11.3 Å². The van der Waals surface area contributed by atoms with Crippen LogP contribution in [0, 0.1) is 5.92 Å². The van der Waals surface area contributed by atoms with E-state index < -0.39 is 11.7 Å². The molecule has 2 heterocycles. The number of primary amides is 1. The van der Waals surface area contributed by atoms with Gasteiger partial charge in [0, 0.05) is 13.2 Å². The van der Waals surface area contributed by atoms with Crippen LogP contribution in [0.15, 0.2) is 30.5 Å². The molecular formula is C22H26ClN3O4. The van der Waals surface area contributed by atoms with E-state index in [2.05, 4.69) is 4.98 Å². The summed E-state index contributed by atoms with van der Waals surface area (Å²) in [4.78, 5) is 29.8. The molecule has 1 aliphatic heterocycles. The lowest BCUT2D eigenvalue weighted by molar-refractivity contribution is -0.0186. The van der Waals surface area contributed by atoms with Gasteiger partial charge >= 0.3 is 6.09 Å². The SMILES string of the molecule is CC(C)C[C@@](C)(COc1ccc(-c2ccnc3c2C(=O)N(C)C3)cc1Cl)OC(N)=O. The summed E-state index contributed by atoms with van der Waals surface area (Å²) in [5.41, 5.74) is 7.29. The van der Waals surface area contributed by atoms with Gasteiger partial charge in [-0.2, -0.15) is 0 Å². The number of halogens is 1. The van der Waals surface area contributed by atoms with Crippen molar-refractivity contribution in [1.29, 1.82) is 0 Å². The predicted octanol–water partition coefficient (Wildman–Crippen LogP) is 4.27. The van der Waals surface area contributed by atoms with Gasteiger partial charge in [0.15, 0.2) is 0 Å². The number of benzene rings is 1. The molecule has 8 heteroatoms. The number of amides is 2. The number of ether oxygens (including phenoxy) is 2. The highest BCUT2D eigenvalue weighted by atomic mass is 35.5. The van der Waals surface area contributed by atoms with Crippen molar-refractivity contribution in [3.63, 3.8) is 0 Å². The van der Waals surface area contributed by atoms with Crippen LogP contribution in [-0.4, -0.2) is 41.1 Å². The molecule has 1 aromatic heterocycles. The molecule has 30 heavy (non-hydrogen) atoms. The van der Waals surface area contributed by atoms with Crippen LogP contribution in [0.1, 0.15) is 43.2 Å². The Balaban J connectivity index is 1.83. The Bertz CT molecular complexity index is 979. The second kappa shape index (κ2) is 8.52. The van der Waals surface area contributed by atoms with Crippen LogP contribution in [0.3, 0.4) is 0 Å². The Morgan fingerprint density at radius 1 is 1.37 bits per heavy atom. The Kier molecular flexibility index (Phi) is 6.22. The van der Waals surface area contributed by atoms with Gasteiger partial charge in [-0.25, -0.2) is 4.79 Å². The molecule has 2 aromatic rings. The molecule has 0 spiro atoms. The van der Waals surface area contributed by atoms with Crippen molar-refractivity contribution in [3.8, 4) is 16.9 Å². The molecule has 7 nitrogen and oxygen atoms in total. The number of carbonyl (C=O) groups excluding carboxylic acids is 2. The van der Waals surface area contributed by atoms with Crippen molar-refractivity contribution in [2.75, 3.05) is 13.7 Å². The first kappa shape index (κ1) is 21.9. The second-order valence-electron chi connectivity index (χ2n) is 8.24. The molecule has 160 valence electrons. The average Bonchev–Trinajstić information content (AvgIpc) is 2.93. The molecule has 1 aromatic carbocycles. The summed E-state index contributed by atoms with van der Waals surface area (Å²) in [6.07, 6.45) is 1.44. The van der Waals surface area contributed by atoms with Gasteiger partial charge in [0.05, 0.1) is 22.8 Å². The van der Waals surface area contributed by atoms with Crippen molar-refractivity contribution in [3.05, 3.63) is 46.7 Å². The number of aromatic nitrogens is 1. The summed E-state index contributed by atoms with van der Waals surface area (Å²) in [6.45, 7) is 6.43. The fourth-order valence-corrected chi connectivity index (χ4v) is 4.08. The predicted molar refractivity (Wildman–Crippen MR) is 115 cm³/mol. The fraction of sp³-hybridized carbons (Fsp3) is 0.409. The molecule has 1 atom stereocenters. The smallest absolute Gasteiger partial charge is 0.405 e. The number of hydrogen-bond donors (Lipinski definition) is 1. The summed E-state index contributed by atoms with van der Waals surface area (Å²) in [5, 5.41) is 0.392. The molecule has 2 amide bonds. The molecule has 0 bridgehead atoms. The number of nitrogens with zero attached hydrogens (tertiary/aromatic N) is 2. The zero-order chi connectivity index (χ0) is 22.1. The molecule has 1 aliphatic rings. The van der Waals surface area contributed by atoms with Crippen LogP contribution in [0.5, 0.6) is 5.75 Å². The number of fused-ring (bicyclic) bond motifs is 1. The minimum Gasteiger partial charge on any atom is -0.488 e. The summed E-state index contributed by atoms with van der Waals surface area (Å²) in [6, 6.07) is 7.15. The lowest BCUT2D eigenvalue weighted by Crippen LogP contribution is -2.41. The molecular weight excluding hydrogens is 406 g/mol. The van der Waals surface area contributed by atoms with Crippen LogP contribution in [0.2, 0.25) is 5.02 Å². The molecule has 0 unspecified atom stereocenters. The Morgan fingerprint density at radius 3 is 2.73 bits per heavy atom. The van der Waals surface area contributed by atoms with Crippen molar-refractivity contribution in [2.45, 2.75) is 39.3 Å². The van der Waals surface area contributed by atoms with E-state index in [-0.39, 0.29) is 18.4 Å². The zero-order valence-corrected chi connectivity index (χ0v) is 18.3. The molecule has 0 fully saturated rings. The van der Waals surface area contributed by atoms with Gasteiger partial charge in [-0.3, -0.25) is 9.78 Å². The van der Waals surface area contributed by atoms with Crippen molar-refractivity contribution >= 4 is 23.6 Å². The lowest BCUT2D eigenvalue weighted by Gasteiger charge is -2.30. The minimum atomic E-state index is -0.870.